The number of rotatable bonds is 6. The van der Waals surface area contributed by atoms with Crippen LogP contribution in [0.1, 0.15) is 19.5 Å². The summed E-state index contributed by atoms with van der Waals surface area (Å²) >= 11 is 5.56. The van der Waals surface area contributed by atoms with Gasteiger partial charge in [0.15, 0.2) is 6.29 Å². The average Bonchev–Trinajstić information content (AvgIpc) is 2.52. The van der Waals surface area contributed by atoms with Gasteiger partial charge in [-0.1, -0.05) is 5.16 Å². The molecule has 5 heteroatoms. The second-order valence-electron chi connectivity index (χ2n) is 2.77. The molecule has 1 heterocycles. The maximum Gasteiger partial charge on any atom is 0.226 e. The second kappa shape index (κ2) is 6.01. The van der Waals surface area contributed by atoms with Gasteiger partial charge in [-0.15, -0.1) is 0 Å². The Labute approximate surface area is 88.1 Å². The molecule has 80 valence electrons. The Kier molecular flexibility index (Phi) is 4.93. The van der Waals surface area contributed by atoms with Crippen molar-refractivity contribution in [2.75, 3.05) is 13.2 Å². The van der Waals surface area contributed by atoms with E-state index in [9.17, 15) is 0 Å². The fourth-order valence-corrected chi connectivity index (χ4v) is 1.18. The fraction of sp³-hybridized carbons (Fsp3) is 0.667. The summed E-state index contributed by atoms with van der Waals surface area (Å²) in [6.45, 7) is 4.98. The average molecular weight is 220 g/mol. The van der Waals surface area contributed by atoms with Crippen LogP contribution in [0.25, 0.3) is 0 Å². The summed E-state index contributed by atoms with van der Waals surface area (Å²) in [7, 11) is 0. The van der Waals surface area contributed by atoms with Crippen LogP contribution in [0, 0.1) is 0 Å². The summed E-state index contributed by atoms with van der Waals surface area (Å²) in [5.74, 6) is 0. The van der Waals surface area contributed by atoms with Gasteiger partial charge in [-0.25, -0.2) is 0 Å². The van der Waals surface area contributed by atoms with Gasteiger partial charge in [0.2, 0.25) is 5.22 Å². The Morgan fingerprint density at radius 2 is 2.36 bits per heavy atom. The molecule has 4 nitrogen and oxygen atoms in total. The molecule has 0 aliphatic heterocycles. The van der Waals surface area contributed by atoms with E-state index in [1.165, 1.54) is 0 Å². The zero-order valence-corrected chi connectivity index (χ0v) is 9.08. The van der Waals surface area contributed by atoms with Crippen LogP contribution in [0.4, 0.5) is 0 Å². The van der Waals surface area contributed by atoms with Gasteiger partial charge in [-0.3, -0.25) is 0 Å². The van der Waals surface area contributed by atoms with E-state index in [1.54, 1.807) is 6.07 Å². The molecule has 0 aliphatic carbocycles. The molecule has 0 radical (unpaired) electrons. The van der Waals surface area contributed by atoms with Gasteiger partial charge in [0.25, 0.3) is 0 Å². The van der Waals surface area contributed by atoms with E-state index in [0.717, 1.165) is 5.69 Å². The van der Waals surface area contributed by atoms with Crippen molar-refractivity contribution < 1.29 is 14.0 Å². The highest BCUT2D eigenvalue weighted by molar-refractivity contribution is 6.28. The van der Waals surface area contributed by atoms with Crippen LogP contribution in [0.3, 0.4) is 0 Å². The first-order chi connectivity index (χ1) is 6.72. The molecule has 1 aromatic heterocycles. The molecule has 1 atom stereocenters. The van der Waals surface area contributed by atoms with Gasteiger partial charge in [0, 0.05) is 19.1 Å². The van der Waals surface area contributed by atoms with E-state index < -0.39 is 0 Å². The molecular formula is C9H14ClNO3. The maximum atomic E-state index is 5.56. The monoisotopic (exact) mass is 219 g/mol. The smallest absolute Gasteiger partial charge is 0.226 e. The first-order valence-electron chi connectivity index (χ1n) is 4.56. The number of ether oxygens (including phenoxy) is 2. The Balaban J connectivity index is 2.15. The topological polar surface area (TPSA) is 44.5 Å². The molecular weight excluding hydrogens is 206 g/mol. The fourth-order valence-electron chi connectivity index (χ4n) is 1.02. The molecule has 0 aliphatic rings. The Morgan fingerprint density at radius 1 is 1.57 bits per heavy atom. The van der Waals surface area contributed by atoms with Gasteiger partial charge >= 0.3 is 0 Å². The summed E-state index contributed by atoms with van der Waals surface area (Å²) in [4.78, 5) is 0. The number of hydrogen-bond acceptors (Lipinski definition) is 4. The molecule has 14 heavy (non-hydrogen) atoms. The molecule has 0 bridgehead atoms. The maximum absolute atomic E-state index is 5.56. The Morgan fingerprint density at radius 3 is 2.93 bits per heavy atom. The lowest BCUT2D eigenvalue weighted by Gasteiger charge is -2.11. The predicted octanol–water partition coefficient (Wildman–Crippen LogP) is 2.27. The zero-order valence-electron chi connectivity index (χ0n) is 8.33. The molecule has 1 rings (SSSR count). The van der Waals surface area contributed by atoms with Crippen molar-refractivity contribution in [3.05, 3.63) is 17.0 Å². The van der Waals surface area contributed by atoms with Crippen LogP contribution in [-0.2, 0) is 15.9 Å². The van der Waals surface area contributed by atoms with Crippen molar-refractivity contribution in [2.24, 2.45) is 0 Å². The van der Waals surface area contributed by atoms with Crippen molar-refractivity contribution in [3.8, 4) is 0 Å². The Bertz CT molecular complexity index is 264. The van der Waals surface area contributed by atoms with Crippen LogP contribution in [0.15, 0.2) is 10.6 Å². The van der Waals surface area contributed by atoms with Gasteiger partial charge in [0.05, 0.1) is 12.3 Å². The third-order valence-electron chi connectivity index (χ3n) is 1.64. The normalized spacial score (nSPS) is 13.1. The number of hydrogen-bond donors (Lipinski definition) is 0. The van der Waals surface area contributed by atoms with E-state index in [1.807, 2.05) is 13.8 Å². The van der Waals surface area contributed by atoms with E-state index in [2.05, 4.69) is 5.16 Å². The largest absolute Gasteiger partial charge is 0.353 e. The molecule has 0 saturated carbocycles. The first kappa shape index (κ1) is 11.5. The van der Waals surface area contributed by atoms with Crippen LogP contribution in [0.5, 0.6) is 0 Å². The van der Waals surface area contributed by atoms with E-state index in [0.29, 0.717) is 24.9 Å². The van der Waals surface area contributed by atoms with Crippen LogP contribution in [0.2, 0.25) is 5.22 Å². The SMILES string of the molecule is CCOC(C)OCCc1cc(Cl)on1. The quantitative estimate of drug-likeness (QED) is 0.689. The van der Waals surface area contributed by atoms with Crippen molar-refractivity contribution in [2.45, 2.75) is 26.6 Å². The zero-order chi connectivity index (χ0) is 10.4. The molecule has 0 saturated heterocycles. The van der Waals surface area contributed by atoms with E-state index in [4.69, 9.17) is 25.6 Å². The van der Waals surface area contributed by atoms with E-state index >= 15 is 0 Å². The highest BCUT2D eigenvalue weighted by Crippen LogP contribution is 2.10. The van der Waals surface area contributed by atoms with Crippen molar-refractivity contribution in [1.82, 2.24) is 5.16 Å². The van der Waals surface area contributed by atoms with Gasteiger partial charge < -0.3 is 14.0 Å². The molecule has 0 amide bonds. The summed E-state index contributed by atoms with van der Waals surface area (Å²) in [5, 5.41) is 4.03. The van der Waals surface area contributed by atoms with Gasteiger partial charge in [-0.05, 0) is 25.4 Å². The highest BCUT2D eigenvalue weighted by atomic mass is 35.5. The van der Waals surface area contributed by atoms with Crippen molar-refractivity contribution in [3.63, 3.8) is 0 Å². The van der Waals surface area contributed by atoms with E-state index in [-0.39, 0.29) is 6.29 Å². The summed E-state index contributed by atoms with van der Waals surface area (Å²) in [6, 6.07) is 1.68. The third kappa shape index (κ3) is 4.09. The van der Waals surface area contributed by atoms with Crippen LogP contribution in [-0.4, -0.2) is 24.7 Å². The Hall–Kier alpha value is -0.580. The minimum atomic E-state index is -0.178. The number of nitrogens with zero attached hydrogens (tertiary/aromatic N) is 1. The lowest BCUT2D eigenvalue weighted by atomic mass is 10.3. The summed E-state index contributed by atoms with van der Waals surface area (Å²) in [5.41, 5.74) is 0.790. The number of halogens is 1. The molecule has 1 unspecified atom stereocenters. The predicted molar refractivity (Wildman–Crippen MR) is 52.3 cm³/mol. The first-order valence-corrected chi connectivity index (χ1v) is 4.94. The van der Waals surface area contributed by atoms with Gasteiger partial charge in [-0.2, -0.15) is 0 Å². The minimum absolute atomic E-state index is 0.178. The summed E-state index contributed by atoms with van der Waals surface area (Å²) in [6.07, 6.45) is 0.496. The standard InChI is InChI=1S/C9H14ClNO3/c1-3-12-7(2)13-5-4-8-6-9(10)14-11-8/h6-7H,3-5H2,1-2H3. The molecule has 0 aromatic carbocycles. The molecule has 0 spiro atoms. The van der Waals surface area contributed by atoms with Crippen LogP contribution >= 0.6 is 11.6 Å². The third-order valence-corrected chi connectivity index (χ3v) is 1.82. The molecule has 0 N–H and O–H groups in total. The summed E-state index contributed by atoms with van der Waals surface area (Å²) < 4.78 is 15.2. The van der Waals surface area contributed by atoms with Crippen molar-refractivity contribution >= 4 is 11.6 Å². The molecule has 0 fully saturated rings. The highest BCUT2D eigenvalue weighted by Gasteiger charge is 2.03. The lowest BCUT2D eigenvalue weighted by molar-refractivity contribution is -0.126. The lowest BCUT2D eigenvalue weighted by Crippen LogP contribution is -2.14. The number of aromatic nitrogens is 1. The van der Waals surface area contributed by atoms with Crippen LogP contribution < -0.4 is 0 Å². The second-order valence-corrected chi connectivity index (χ2v) is 3.14. The van der Waals surface area contributed by atoms with Crippen molar-refractivity contribution in [1.29, 1.82) is 0 Å². The molecule has 1 aromatic rings. The van der Waals surface area contributed by atoms with Gasteiger partial charge in [0.1, 0.15) is 0 Å². The minimum Gasteiger partial charge on any atom is -0.353 e.